The molecule has 8 nitrogen and oxygen atoms in total. The molecule has 0 aromatic heterocycles. The minimum absolute atomic E-state index is 0.0344. The van der Waals surface area contributed by atoms with E-state index in [1.807, 2.05) is 6.07 Å². The van der Waals surface area contributed by atoms with Gasteiger partial charge in [-0.25, -0.2) is 4.79 Å². The van der Waals surface area contributed by atoms with Gasteiger partial charge in [-0.15, -0.1) is 11.8 Å². The van der Waals surface area contributed by atoms with Gasteiger partial charge in [0.1, 0.15) is 11.6 Å². The van der Waals surface area contributed by atoms with E-state index in [0.717, 1.165) is 29.7 Å². The van der Waals surface area contributed by atoms with E-state index in [1.165, 1.54) is 11.8 Å². The molecule has 0 saturated carbocycles. The quantitative estimate of drug-likeness (QED) is 0.348. The highest BCUT2D eigenvalue weighted by Gasteiger charge is 2.33. The van der Waals surface area contributed by atoms with Crippen LogP contribution < -0.4 is 16.0 Å². The number of primary amides is 1. The topological polar surface area (TPSA) is 119 Å². The van der Waals surface area contributed by atoms with Gasteiger partial charge in [0.2, 0.25) is 5.91 Å². The Kier molecular flexibility index (Phi) is 9.37. The molecule has 0 bridgehead atoms. The first kappa shape index (κ1) is 28.2. The van der Waals surface area contributed by atoms with Gasteiger partial charge in [0.15, 0.2) is 5.78 Å². The molecular formula is C28H35N3O5S. The number of nitrogens with zero attached hydrogens (tertiary/aromatic N) is 1. The molecule has 1 aliphatic rings. The first-order valence-electron chi connectivity index (χ1n) is 12.5. The highest BCUT2D eigenvalue weighted by Crippen LogP contribution is 2.36. The van der Waals surface area contributed by atoms with Gasteiger partial charge in [0.05, 0.1) is 12.2 Å². The molecule has 1 atom stereocenters. The summed E-state index contributed by atoms with van der Waals surface area (Å²) in [7, 11) is 0. The Morgan fingerprint density at radius 2 is 1.76 bits per heavy atom. The summed E-state index contributed by atoms with van der Waals surface area (Å²) in [5, 5.41) is 2.71. The van der Waals surface area contributed by atoms with Crippen LogP contribution in [0, 0.1) is 0 Å². The fourth-order valence-corrected chi connectivity index (χ4v) is 4.98. The molecule has 1 heterocycles. The number of hydrogen-bond acceptors (Lipinski definition) is 6. The zero-order valence-corrected chi connectivity index (χ0v) is 22.7. The molecular weight excluding hydrogens is 490 g/mol. The minimum Gasteiger partial charge on any atom is -0.444 e. The van der Waals surface area contributed by atoms with Gasteiger partial charge in [-0.2, -0.15) is 0 Å². The second kappa shape index (κ2) is 12.3. The van der Waals surface area contributed by atoms with Crippen LogP contribution in [-0.2, 0) is 16.1 Å². The van der Waals surface area contributed by atoms with E-state index in [9.17, 15) is 19.2 Å². The third-order valence-electron chi connectivity index (χ3n) is 5.82. The molecule has 9 heteroatoms. The molecule has 0 radical (unpaired) electrons. The first-order chi connectivity index (χ1) is 17.5. The van der Waals surface area contributed by atoms with Gasteiger partial charge >= 0.3 is 6.09 Å². The maximum absolute atomic E-state index is 13.8. The normalized spacial score (nSPS) is 15.5. The number of fused-ring (bicyclic) bond motifs is 1. The Balaban J connectivity index is 1.94. The lowest BCUT2D eigenvalue weighted by molar-refractivity contribution is -0.120. The number of ketones is 1. The molecule has 0 saturated heterocycles. The zero-order valence-electron chi connectivity index (χ0n) is 21.8. The summed E-state index contributed by atoms with van der Waals surface area (Å²) in [5.74, 6) is -0.503. The number of anilines is 1. The number of amides is 3. The summed E-state index contributed by atoms with van der Waals surface area (Å²) >= 11 is 1.44. The molecule has 2 aromatic rings. The molecule has 0 fully saturated rings. The summed E-state index contributed by atoms with van der Waals surface area (Å²) in [6.45, 7) is 7.55. The molecule has 198 valence electrons. The lowest BCUT2D eigenvalue weighted by Crippen LogP contribution is -2.50. The van der Waals surface area contributed by atoms with Gasteiger partial charge in [0.25, 0.3) is 5.91 Å². The number of ether oxygens (including phenoxy) is 1. The van der Waals surface area contributed by atoms with Gasteiger partial charge < -0.3 is 20.7 Å². The monoisotopic (exact) mass is 525 g/mol. The van der Waals surface area contributed by atoms with E-state index in [-0.39, 0.29) is 18.2 Å². The van der Waals surface area contributed by atoms with Crippen LogP contribution in [0.5, 0.6) is 0 Å². The largest absolute Gasteiger partial charge is 0.444 e. The SMILES string of the molecule is CCCCCC(=O)c1ccc2c(c1)N(Cc1ccc(C(N)=O)cc1)C(=O)[C@@H](NC(=O)OC(C)(C)C)CS2. The maximum Gasteiger partial charge on any atom is 0.408 e. The van der Waals surface area contributed by atoms with E-state index in [4.69, 9.17) is 10.5 Å². The summed E-state index contributed by atoms with van der Waals surface area (Å²) in [6, 6.07) is 11.3. The number of alkyl carbamates (subject to hydrolysis) is 1. The van der Waals surface area contributed by atoms with Crippen molar-refractivity contribution in [1.82, 2.24) is 5.32 Å². The van der Waals surface area contributed by atoms with Crippen LogP contribution in [0.3, 0.4) is 0 Å². The van der Waals surface area contributed by atoms with Crippen LogP contribution in [0.4, 0.5) is 10.5 Å². The van der Waals surface area contributed by atoms with Crippen molar-refractivity contribution in [3.05, 3.63) is 59.2 Å². The summed E-state index contributed by atoms with van der Waals surface area (Å²) < 4.78 is 5.37. The molecule has 3 rings (SSSR count). The number of carbonyl (C=O) groups excluding carboxylic acids is 4. The average molecular weight is 526 g/mol. The first-order valence-corrected chi connectivity index (χ1v) is 13.5. The molecule has 1 aliphatic heterocycles. The van der Waals surface area contributed by atoms with E-state index < -0.39 is 23.6 Å². The number of Topliss-reactive ketones (excluding diaryl/α,β-unsaturated/α-hetero) is 1. The number of nitrogens with two attached hydrogens (primary N) is 1. The third-order valence-corrected chi connectivity index (χ3v) is 6.98. The second-order valence-corrected chi connectivity index (χ2v) is 11.1. The Hall–Kier alpha value is -3.33. The van der Waals surface area contributed by atoms with Gasteiger partial charge in [-0.05, 0) is 57.0 Å². The van der Waals surface area contributed by atoms with E-state index in [1.54, 1.807) is 62.1 Å². The molecule has 3 N–H and O–H groups in total. The van der Waals surface area contributed by atoms with Gasteiger partial charge in [-0.1, -0.05) is 38.0 Å². The minimum atomic E-state index is -0.833. The number of nitrogens with one attached hydrogen (secondary N) is 1. The van der Waals surface area contributed by atoms with Crippen molar-refractivity contribution in [2.24, 2.45) is 5.73 Å². The van der Waals surface area contributed by atoms with Crippen molar-refractivity contribution in [2.75, 3.05) is 10.7 Å². The molecule has 0 aliphatic carbocycles. The highest BCUT2D eigenvalue weighted by molar-refractivity contribution is 7.99. The maximum atomic E-state index is 13.8. The summed E-state index contributed by atoms with van der Waals surface area (Å²) in [6.07, 6.45) is 2.60. The van der Waals surface area contributed by atoms with Gasteiger partial charge in [0, 0.05) is 28.2 Å². The number of unbranched alkanes of at least 4 members (excludes halogenated alkanes) is 2. The summed E-state index contributed by atoms with van der Waals surface area (Å²) in [5.41, 5.74) is 6.96. The predicted molar refractivity (Wildman–Crippen MR) is 145 cm³/mol. The lowest BCUT2D eigenvalue weighted by Gasteiger charge is -2.27. The smallest absolute Gasteiger partial charge is 0.408 e. The molecule has 37 heavy (non-hydrogen) atoms. The van der Waals surface area contributed by atoms with Crippen LogP contribution in [0.1, 0.15) is 79.7 Å². The standard InChI is InChI=1S/C28H35N3O5S/c1-5-6-7-8-23(32)20-13-14-24-22(15-20)31(16-18-9-11-19(12-10-18)25(29)33)26(34)21(17-37-24)30-27(35)36-28(2,3)4/h9-15,21H,5-8,16-17H2,1-4H3,(H2,29,33)(H,30,35)/t21-/m0/s1. The van der Waals surface area contributed by atoms with E-state index in [0.29, 0.717) is 29.0 Å². The third kappa shape index (κ3) is 7.82. The van der Waals surface area contributed by atoms with Crippen LogP contribution >= 0.6 is 11.8 Å². The van der Waals surface area contributed by atoms with Crippen LogP contribution in [0.15, 0.2) is 47.4 Å². The predicted octanol–water partition coefficient (Wildman–Crippen LogP) is 5.08. The molecule has 3 amide bonds. The number of rotatable bonds is 9. The van der Waals surface area contributed by atoms with Crippen LogP contribution in [-0.4, -0.2) is 41.1 Å². The second-order valence-electron chi connectivity index (χ2n) is 10.1. The Morgan fingerprint density at radius 1 is 1.08 bits per heavy atom. The zero-order chi connectivity index (χ0) is 27.2. The van der Waals surface area contributed by atoms with Crippen LogP contribution in [0.2, 0.25) is 0 Å². The molecule has 0 unspecified atom stereocenters. The van der Waals surface area contributed by atoms with Crippen molar-refractivity contribution in [1.29, 1.82) is 0 Å². The number of hydrogen-bond donors (Lipinski definition) is 2. The van der Waals surface area contributed by atoms with Crippen molar-refractivity contribution < 1.29 is 23.9 Å². The van der Waals surface area contributed by atoms with Crippen molar-refractivity contribution in [3.63, 3.8) is 0 Å². The fourth-order valence-electron chi connectivity index (χ4n) is 3.93. The van der Waals surface area contributed by atoms with Crippen molar-refractivity contribution in [2.45, 2.75) is 76.5 Å². The van der Waals surface area contributed by atoms with E-state index in [2.05, 4.69) is 12.2 Å². The average Bonchev–Trinajstić information content (AvgIpc) is 2.95. The number of thioether (sulfide) groups is 1. The summed E-state index contributed by atoms with van der Waals surface area (Å²) in [4.78, 5) is 53.0. The van der Waals surface area contributed by atoms with Crippen molar-refractivity contribution in [3.8, 4) is 0 Å². The lowest BCUT2D eigenvalue weighted by atomic mass is 10.0. The molecule has 2 aromatic carbocycles. The number of carbonyl (C=O) groups is 4. The Morgan fingerprint density at radius 3 is 2.38 bits per heavy atom. The van der Waals surface area contributed by atoms with Gasteiger partial charge in [-0.3, -0.25) is 14.4 Å². The number of benzene rings is 2. The Bertz CT molecular complexity index is 1160. The van der Waals surface area contributed by atoms with E-state index >= 15 is 0 Å². The Labute approximate surface area is 222 Å². The van der Waals surface area contributed by atoms with Crippen LogP contribution in [0.25, 0.3) is 0 Å². The fraction of sp³-hybridized carbons (Fsp3) is 0.429. The highest BCUT2D eigenvalue weighted by atomic mass is 32.2. The molecule has 0 spiro atoms. The van der Waals surface area contributed by atoms with Crippen molar-refractivity contribution >= 4 is 41.1 Å².